The molecule has 2 aromatic rings. The van der Waals surface area contributed by atoms with Crippen molar-refractivity contribution >= 4 is 5.97 Å². The van der Waals surface area contributed by atoms with Gasteiger partial charge in [0, 0.05) is 11.0 Å². The van der Waals surface area contributed by atoms with E-state index in [0.717, 1.165) is 11.1 Å². The van der Waals surface area contributed by atoms with Crippen LogP contribution in [0.5, 0.6) is 11.5 Å². The molecule has 0 aliphatic carbocycles. The molecule has 0 amide bonds. The number of aliphatic hydroxyl groups excluding tert-OH is 3. The van der Waals surface area contributed by atoms with Gasteiger partial charge in [-0.3, -0.25) is 0 Å². The van der Waals surface area contributed by atoms with Gasteiger partial charge in [0.1, 0.15) is 43.5 Å². The first-order chi connectivity index (χ1) is 15.1. The summed E-state index contributed by atoms with van der Waals surface area (Å²) in [5.74, 6) is 0.673. The van der Waals surface area contributed by atoms with Gasteiger partial charge in [-0.05, 0) is 42.3 Å². The molecule has 0 saturated heterocycles. The summed E-state index contributed by atoms with van der Waals surface area (Å²) < 4.78 is 16.0. The van der Waals surface area contributed by atoms with E-state index < -0.39 is 18.2 Å². The van der Waals surface area contributed by atoms with Crippen molar-refractivity contribution in [3.8, 4) is 11.5 Å². The molecule has 0 aliphatic heterocycles. The lowest BCUT2D eigenvalue weighted by molar-refractivity contribution is -0.142. The van der Waals surface area contributed by atoms with Gasteiger partial charge in [0.05, 0.1) is 6.61 Å². The van der Waals surface area contributed by atoms with Crippen LogP contribution in [0, 0.1) is 0 Å². The minimum absolute atomic E-state index is 0.00134. The summed E-state index contributed by atoms with van der Waals surface area (Å²) in [7, 11) is 0. The maximum atomic E-state index is 11.4. The van der Waals surface area contributed by atoms with E-state index in [-0.39, 0.29) is 37.4 Å². The molecule has 2 rings (SSSR count). The third-order valence-corrected chi connectivity index (χ3v) is 5.00. The first-order valence-corrected chi connectivity index (χ1v) is 10.4. The number of rotatable bonds is 12. The highest BCUT2D eigenvalue weighted by Gasteiger charge is 2.23. The largest absolute Gasteiger partial charge is 0.491 e. The number of esters is 1. The number of benzene rings is 2. The molecule has 0 heterocycles. The third kappa shape index (κ3) is 7.37. The first-order valence-electron chi connectivity index (χ1n) is 10.4. The van der Waals surface area contributed by atoms with E-state index in [2.05, 4.69) is 20.4 Å². The summed E-state index contributed by atoms with van der Waals surface area (Å²) in [6.07, 6.45) is -1.84. The van der Waals surface area contributed by atoms with Gasteiger partial charge in [-0.15, -0.1) is 0 Å². The Labute approximate surface area is 188 Å². The van der Waals surface area contributed by atoms with Crippen LogP contribution in [0.25, 0.3) is 0 Å². The fourth-order valence-corrected chi connectivity index (χ4v) is 2.88. The Hall–Kier alpha value is -2.87. The Kier molecular flexibility index (Phi) is 9.26. The van der Waals surface area contributed by atoms with E-state index in [1.807, 2.05) is 48.5 Å². The van der Waals surface area contributed by atoms with Crippen molar-refractivity contribution in [3.05, 3.63) is 71.8 Å². The molecule has 0 radical (unpaired) electrons. The molecule has 174 valence electrons. The van der Waals surface area contributed by atoms with Crippen molar-refractivity contribution in [1.29, 1.82) is 0 Å². The minimum atomic E-state index is -0.936. The van der Waals surface area contributed by atoms with Crippen LogP contribution in [-0.4, -0.2) is 59.9 Å². The van der Waals surface area contributed by atoms with Crippen LogP contribution in [0.15, 0.2) is 60.7 Å². The van der Waals surface area contributed by atoms with Crippen LogP contribution in [0.4, 0.5) is 0 Å². The summed E-state index contributed by atoms with van der Waals surface area (Å²) in [4.78, 5) is 11.4. The second kappa shape index (κ2) is 11.7. The minimum Gasteiger partial charge on any atom is -0.491 e. The lowest BCUT2D eigenvalue weighted by Crippen LogP contribution is -2.25. The van der Waals surface area contributed by atoms with Crippen LogP contribution >= 0.6 is 0 Å². The number of hydrogen-bond acceptors (Lipinski definition) is 7. The predicted octanol–water partition coefficient (Wildman–Crippen LogP) is 2.60. The summed E-state index contributed by atoms with van der Waals surface area (Å²) in [5.41, 5.74) is 2.15. The van der Waals surface area contributed by atoms with Crippen LogP contribution < -0.4 is 9.47 Å². The maximum Gasteiger partial charge on any atom is 0.333 e. The van der Waals surface area contributed by atoms with E-state index in [1.54, 1.807) is 6.92 Å². The zero-order valence-corrected chi connectivity index (χ0v) is 18.8. The molecular formula is C25H32O7. The summed E-state index contributed by atoms with van der Waals surface area (Å²) >= 11 is 0. The van der Waals surface area contributed by atoms with Crippen LogP contribution in [0.3, 0.4) is 0 Å². The number of aliphatic hydroxyl groups is 3. The van der Waals surface area contributed by atoms with E-state index >= 15 is 0 Å². The molecule has 2 aromatic carbocycles. The van der Waals surface area contributed by atoms with E-state index in [4.69, 9.17) is 19.3 Å². The molecule has 2 atom stereocenters. The molecule has 7 nitrogen and oxygen atoms in total. The molecular weight excluding hydrogens is 412 g/mol. The zero-order chi connectivity index (χ0) is 23.7. The fraction of sp³-hybridized carbons (Fsp3) is 0.400. The monoisotopic (exact) mass is 444 g/mol. The molecule has 0 saturated carbocycles. The SMILES string of the molecule is C=C(C)C(=O)OCC(O)COc1ccc(C(C)(C)c2ccc(OCC(O)CO)cc2)cc1. The molecule has 3 N–H and O–H groups in total. The van der Waals surface area contributed by atoms with Crippen LogP contribution in [0.1, 0.15) is 31.9 Å². The molecule has 2 unspecified atom stereocenters. The topological polar surface area (TPSA) is 105 Å². The number of carbonyl (C=O) groups excluding carboxylic acids is 1. The number of ether oxygens (including phenoxy) is 3. The lowest BCUT2D eigenvalue weighted by Gasteiger charge is -2.26. The van der Waals surface area contributed by atoms with Crippen molar-refractivity contribution < 1.29 is 34.3 Å². The molecule has 0 aromatic heterocycles. The van der Waals surface area contributed by atoms with Crippen molar-refractivity contribution in [2.45, 2.75) is 38.4 Å². The lowest BCUT2D eigenvalue weighted by atomic mass is 9.78. The van der Waals surface area contributed by atoms with E-state index in [1.165, 1.54) is 0 Å². The van der Waals surface area contributed by atoms with Gasteiger partial charge in [0.2, 0.25) is 0 Å². The quantitative estimate of drug-likeness (QED) is 0.341. The second-order valence-electron chi connectivity index (χ2n) is 8.16. The molecule has 0 bridgehead atoms. The van der Waals surface area contributed by atoms with Crippen molar-refractivity contribution in [1.82, 2.24) is 0 Å². The third-order valence-electron chi connectivity index (χ3n) is 5.00. The average molecular weight is 445 g/mol. The van der Waals surface area contributed by atoms with Crippen LogP contribution in [-0.2, 0) is 14.9 Å². The zero-order valence-electron chi connectivity index (χ0n) is 18.8. The molecule has 0 spiro atoms. The van der Waals surface area contributed by atoms with Gasteiger partial charge in [-0.1, -0.05) is 44.7 Å². The van der Waals surface area contributed by atoms with Crippen molar-refractivity contribution in [2.24, 2.45) is 0 Å². The van der Waals surface area contributed by atoms with Crippen molar-refractivity contribution in [2.75, 3.05) is 26.4 Å². The van der Waals surface area contributed by atoms with Gasteiger partial charge >= 0.3 is 5.97 Å². The summed E-state index contributed by atoms with van der Waals surface area (Å²) in [5, 5.41) is 28.2. The van der Waals surface area contributed by atoms with Gasteiger partial charge < -0.3 is 29.5 Å². The normalized spacial score (nSPS) is 13.2. The van der Waals surface area contributed by atoms with Gasteiger partial charge in [-0.25, -0.2) is 4.79 Å². The smallest absolute Gasteiger partial charge is 0.333 e. The highest BCUT2D eigenvalue weighted by atomic mass is 16.5. The highest BCUT2D eigenvalue weighted by Crippen LogP contribution is 2.33. The molecule has 0 fully saturated rings. The van der Waals surface area contributed by atoms with Gasteiger partial charge in [-0.2, -0.15) is 0 Å². The fourth-order valence-electron chi connectivity index (χ4n) is 2.88. The predicted molar refractivity (Wildman–Crippen MR) is 121 cm³/mol. The number of carbonyl (C=O) groups is 1. The second-order valence-corrected chi connectivity index (χ2v) is 8.16. The standard InChI is InChI=1S/C25H32O7/c1-17(2)24(29)32-16-21(28)15-31-23-11-7-19(8-12-23)25(3,4)18-5-9-22(10-6-18)30-14-20(27)13-26/h5-12,20-21,26-28H,1,13-16H2,2-4H3. The highest BCUT2D eigenvalue weighted by molar-refractivity contribution is 5.86. The Balaban J connectivity index is 1.93. The van der Waals surface area contributed by atoms with E-state index in [9.17, 15) is 15.0 Å². The average Bonchev–Trinajstić information content (AvgIpc) is 2.79. The van der Waals surface area contributed by atoms with Crippen molar-refractivity contribution in [3.63, 3.8) is 0 Å². The Morgan fingerprint density at radius 2 is 1.31 bits per heavy atom. The maximum absolute atomic E-state index is 11.4. The number of hydrogen-bond donors (Lipinski definition) is 3. The Bertz CT molecular complexity index is 872. The molecule has 0 aliphatic rings. The Morgan fingerprint density at radius 3 is 1.72 bits per heavy atom. The molecule has 32 heavy (non-hydrogen) atoms. The first kappa shape index (κ1) is 25.4. The summed E-state index contributed by atoms with van der Waals surface area (Å²) in [6, 6.07) is 15.2. The molecule has 7 heteroatoms. The van der Waals surface area contributed by atoms with Gasteiger partial charge in [0.15, 0.2) is 0 Å². The van der Waals surface area contributed by atoms with Crippen LogP contribution in [0.2, 0.25) is 0 Å². The Morgan fingerprint density at radius 1 is 0.875 bits per heavy atom. The van der Waals surface area contributed by atoms with E-state index in [0.29, 0.717) is 11.5 Å². The van der Waals surface area contributed by atoms with Gasteiger partial charge in [0.25, 0.3) is 0 Å². The summed E-state index contributed by atoms with van der Waals surface area (Å²) in [6.45, 7) is 8.77.